The van der Waals surface area contributed by atoms with Crippen molar-refractivity contribution < 1.29 is 24.6 Å². The predicted molar refractivity (Wildman–Crippen MR) is 71.3 cm³/mol. The van der Waals surface area contributed by atoms with E-state index in [-0.39, 0.29) is 12.8 Å². The largest absolute Gasteiger partial charge is 0.480 e. The van der Waals surface area contributed by atoms with Crippen molar-refractivity contribution in [3.63, 3.8) is 0 Å². The van der Waals surface area contributed by atoms with Gasteiger partial charge in [0.1, 0.15) is 12.6 Å². The van der Waals surface area contributed by atoms with E-state index in [1.165, 1.54) is 4.90 Å². The molecule has 0 aliphatic carbocycles. The molecule has 1 atom stereocenters. The third kappa shape index (κ3) is 4.60. The van der Waals surface area contributed by atoms with Crippen molar-refractivity contribution in [2.24, 2.45) is 5.73 Å². The minimum Gasteiger partial charge on any atom is -0.480 e. The number of aliphatic carboxylic acids is 2. The number of hydrogen-bond donors (Lipinski definition) is 3. The molecule has 0 aliphatic rings. The van der Waals surface area contributed by atoms with Gasteiger partial charge in [-0.05, 0) is 18.6 Å². The summed E-state index contributed by atoms with van der Waals surface area (Å²) in [6.45, 7) is -0.472. The Balaban J connectivity index is 3.01. The second-order valence-corrected chi connectivity index (χ2v) is 4.22. The molecule has 0 saturated heterocycles. The average molecular weight is 280 g/mol. The molecule has 4 N–H and O–H groups in total. The molecule has 0 radical (unpaired) electrons. The number of rotatable bonds is 8. The summed E-state index contributed by atoms with van der Waals surface area (Å²) >= 11 is 0. The van der Waals surface area contributed by atoms with Crippen LogP contribution < -0.4 is 10.6 Å². The summed E-state index contributed by atoms with van der Waals surface area (Å²) in [5.74, 6) is -2.98. The van der Waals surface area contributed by atoms with Gasteiger partial charge in [-0.25, -0.2) is 4.79 Å². The van der Waals surface area contributed by atoms with Crippen molar-refractivity contribution in [1.82, 2.24) is 0 Å². The molecule has 0 unspecified atom stereocenters. The van der Waals surface area contributed by atoms with Gasteiger partial charge in [-0.3, -0.25) is 9.59 Å². The molecule has 1 amide bonds. The van der Waals surface area contributed by atoms with Crippen LogP contribution in [-0.4, -0.2) is 40.6 Å². The van der Waals surface area contributed by atoms with Crippen LogP contribution in [0.5, 0.6) is 0 Å². The maximum absolute atomic E-state index is 11.3. The second kappa shape index (κ2) is 7.13. The Morgan fingerprint density at radius 3 is 2.20 bits per heavy atom. The number of carboxylic acids is 2. The first-order valence-corrected chi connectivity index (χ1v) is 5.96. The Morgan fingerprint density at radius 1 is 1.15 bits per heavy atom. The van der Waals surface area contributed by atoms with Crippen LogP contribution in [0.15, 0.2) is 30.3 Å². The van der Waals surface area contributed by atoms with Crippen LogP contribution in [0.25, 0.3) is 0 Å². The molecule has 1 aromatic carbocycles. The minimum atomic E-state index is -1.20. The van der Waals surface area contributed by atoms with Gasteiger partial charge in [-0.2, -0.15) is 0 Å². The van der Waals surface area contributed by atoms with E-state index in [0.29, 0.717) is 5.69 Å². The van der Waals surface area contributed by atoms with E-state index in [1.807, 2.05) is 0 Å². The summed E-state index contributed by atoms with van der Waals surface area (Å²) in [7, 11) is 0. The van der Waals surface area contributed by atoms with Crippen LogP contribution >= 0.6 is 0 Å². The summed E-state index contributed by atoms with van der Waals surface area (Å²) in [6.07, 6.45) is -0.174. The molecule has 0 fully saturated rings. The summed E-state index contributed by atoms with van der Waals surface area (Å²) in [4.78, 5) is 34.3. The molecule has 108 valence electrons. The molecule has 0 saturated carbocycles. The molecule has 1 rings (SSSR count). The Hall–Kier alpha value is -2.57. The van der Waals surface area contributed by atoms with Crippen LogP contribution in [0.2, 0.25) is 0 Å². The van der Waals surface area contributed by atoms with Gasteiger partial charge >= 0.3 is 11.9 Å². The number of benzene rings is 1. The zero-order valence-electron chi connectivity index (χ0n) is 10.7. The van der Waals surface area contributed by atoms with E-state index >= 15 is 0 Å². The van der Waals surface area contributed by atoms with Gasteiger partial charge in [0.05, 0.1) is 0 Å². The fraction of sp³-hybridized carbons (Fsp3) is 0.308. The highest BCUT2D eigenvalue weighted by molar-refractivity contribution is 5.83. The summed E-state index contributed by atoms with van der Waals surface area (Å²) < 4.78 is 0. The molecule has 0 heterocycles. The second-order valence-electron chi connectivity index (χ2n) is 4.22. The fourth-order valence-corrected chi connectivity index (χ4v) is 1.84. The van der Waals surface area contributed by atoms with E-state index in [0.717, 1.165) is 0 Å². The molecule has 7 nitrogen and oxygen atoms in total. The number of nitrogens with zero attached hydrogens (tertiary/aromatic N) is 1. The van der Waals surface area contributed by atoms with Gasteiger partial charge in [-0.1, -0.05) is 18.2 Å². The Labute approximate surface area is 115 Å². The Bertz CT molecular complexity index is 489. The number of amides is 1. The zero-order valence-corrected chi connectivity index (χ0v) is 10.7. The number of nitrogens with two attached hydrogens (primary N) is 1. The van der Waals surface area contributed by atoms with Gasteiger partial charge < -0.3 is 20.8 Å². The summed E-state index contributed by atoms with van der Waals surface area (Å²) in [5, 5.41) is 18.2. The number of primary amides is 1. The summed E-state index contributed by atoms with van der Waals surface area (Å²) in [5.41, 5.74) is 5.48. The highest BCUT2D eigenvalue weighted by Crippen LogP contribution is 2.19. The van der Waals surface area contributed by atoms with Gasteiger partial charge in [0, 0.05) is 12.1 Å². The average Bonchev–Trinajstić information content (AvgIpc) is 2.37. The van der Waals surface area contributed by atoms with E-state index < -0.39 is 30.4 Å². The molecule has 1 aromatic rings. The molecular formula is C13H16N2O5. The molecule has 0 aromatic heterocycles. The molecule has 0 spiro atoms. The first-order valence-electron chi connectivity index (χ1n) is 5.96. The standard InChI is InChI=1S/C13H16N2O5/c14-11(16)7-6-10(13(19)20)15(8-12(17)18)9-4-2-1-3-5-9/h1-5,10H,6-8H2,(H2,14,16)(H,17,18)(H,19,20)/t10-/m1/s1. The molecule has 0 bridgehead atoms. The molecular weight excluding hydrogens is 264 g/mol. The van der Waals surface area contributed by atoms with E-state index in [9.17, 15) is 19.5 Å². The van der Waals surface area contributed by atoms with E-state index in [4.69, 9.17) is 10.8 Å². The lowest BCUT2D eigenvalue weighted by Gasteiger charge is -2.29. The fourth-order valence-electron chi connectivity index (χ4n) is 1.84. The maximum Gasteiger partial charge on any atom is 0.326 e. The number of carboxylic acid groups (broad SMARTS) is 2. The van der Waals surface area contributed by atoms with Crippen LogP contribution in [0.1, 0.15) is 12.8 Å². The third-order valence-electron chi connectivity index (χ3n) is 2.72. The minimum absolute atomic E-state index is 0.0488. The number of para-hydroxylation sites is 1. The number of hydrogen-bond acceptors (Lipinski definition) is 4. The molecule has 0 aliphatic heterocycles. The van der Waals surface area contributed by atoms with Crippen LogP contribution in [0, 0.1) is 0 Å². The normalized spacial score (nSPS) is 11.6. The number of carbonyl (C=O) groups excluding carboxylic acids is 1. The maximum atomic E-state index is 11.3. The van der Waals surface area contributed by atoms with Gasteiger partial charge in [0.15, 0.2) is 0 Å². The first-order chi connectivity index (χ1) is 9.41. The van der Waals surface area contributed by atoms with Gasteiger partial charge in [0.25, 0.3) is 0 Å². The van der Waals surface area contributed by atoms with Crippen LogP contribution in [0.3, 0.4) is 0 Å². The zero-order chi connectivity index (χ0) is 15.1. The third-order valence-corrected chi connectivity index (χ3v) is 2.72. The van der Waals surface area contributed by atoms with Crippen molar-refractivity contribution in [3.8, 4) is 0 Å². The Morgan fingerprint density at radius 2 is 1.75 bits per heavy atom. The van der Waals surface area contributed by atoms with Crippen molar-refractivity contribution in [2.75, 3.05) is 11.4 Å². The first kappa shape index (κ1) is 15.5. The highest BCUT2D eigenvalue weighted by Gasteiger charge is 2.27. The lowest BCUT2D eigenvalue weighted by molar-refractivity contribution is -0.139. The smallest absolute Gasteiger partial charge is 0.326 e. The van der Waals surface area contributed by atoms with Crippen molar-refractivity contribution in [2.45, 2.75) is 18.9 Å². The molecule has 20 heavy (non-hydrogen) atoms. The monoisotopic (exact) mass is 280 g/mol. The van der Waals surface area contributed by atoms with Crippen LogP contribution in [-0.2, 0) is 14.4 Å². The van der Waals surface area contributed by atoms with Crippen molar-refractivity contribution in [1.29, 1.82) is 0 Å². The topological polar surface area (TPSA) is 121 Å². The van der Waals surface area contributed by atoms with Crippen molar-refractivity contribution in [3.05, 3.63) is 30.3 Å². The van der Waals surface area contributed by atoms with Crippen LogP contribution in [0.4, 0.5) is 5.69 Å². The van der Waals surface area contributed by atoms with Gasteiger partial charge in [-0.15, -0.1) is 0 Å². The SMILES string of the molecule is NC(=O)CC[C@H](C(=O)O)N(CC(=O)O)c1ccccc1. The van der Waals surface area contributed by atoms with Gasteiger partial charge in [0.2, 0.25) is 5.91 Å². The van der Waals surface area contributed by atoms with E-state index in [2.05, 4.69) is 0 Å². The van der Waals surface area contributed by atoms with E-state index in [1.54, 1.807) is 30.3 Å². The Kier molecular flexibility index (Phi) is 5.52. The number of anilines is 1. The highest BCUT2D eigenvalue weighted by atomic mass is 16.4. The predicted octanol–water partition coefficient (Wildman–Crippen LogP) is 0.296. The number of carbonyl (C=O) groups is 3. The van der Waals surface area contributed by atoms with Crippen molar-refractivity contribution >= 4 is 23.5 Å². The lowest BCUT2D eigenvalue weighted by atomic mass is 10.1. The molecule has 7 heteroatoms. The summed E-state index contributed by atoms with van der Waals surface area (Å²) in [6, 6.07) is 7.20. The quantitative estimate of drug-likeness (QED) is 0.629. The lowest BCUT2D eigenvalue weighted by Crippen LogP contribution is -2.44.